The smallest absolute Gasteiger partial charge is 0.377 e. The number of alkyl halides is 3. The van der Waals surface area contributed by atoms with Crippen molar-refractivity contribution in [1.82, 2.24) is 9.88 Å². The zero-order chi connectivity index (χ0) is 18.2. The molecule has 138 valence electrons. The van der Waals surface area contributed by atoms with Gasteiger partial charge in [-0.15, -0.1) is 11.3 Å². The van der Waals surface area contributed by atoms with Crippen LogP contribution < -0.4 is 4.72 Å². The fraction of sp³-hybridized carbons (Fsp3) is 0.462. The van der Waals surface area contributed by atoms with Gasteiger partial charge in [-0.1, -0.05) is 5.16 Å². The molecule has 2 atom stereocenters. The molecule has 0 spiro atoms. The fourth-order valence-corrected chi connectivity index (χ4v) is 4.71. The van der Waals surface area contributed by atoms with Gasteiger partial charge in [-0.05, 0) is 6.07 Å². The molecule has 0 aromatic carbocycles. The Morgan fingerprint density at radius 1 is 1.36 bits per heavy atom. The Bertz CT molecular complexity index is 846. The summed E-state index contributed by atoms with van der Waals surface area (Å²) in [7, 11) is -2.42. The molecule has 25 heavy (non-hydrogen) atoms. The van der Waals surface area contributed by atoms with Crippen LogP contribution in [0.1, 0.15) is 5.76 Å². The average Bonchev–Trinajstić information content (AvgIpc) is 3.25. The topological polar surface area (TPSA) is 90.7 Å². The van der Waals surface area contributed by atoms with E-state index in [1.165, 1.54) is 18.6 Å². The Hall–Kier alpha value is -1.47. The van der Waals surface area contributed by atoms with Crippen LogP contribution in [0.2, 0.25) is 0 Å². The zero-order valence-electron chi connectivity index (χ0n) is 12.7. The van der Waals surface area contributed by atoms with Crippen LogP contribution in [0.5, 0.6) is 0 Å². The van der Waals surface area contributed by atoms with E-state index in [4.69, 9.17) is 9.47 Å². The Labute approximate surface area is 144 Å². The van der Waals surface area contributed by atoms with Gasteiger partial charge in [0.15, 0.2) is 0 Å². The molecule has 2 aromatic heterocycles. The number of methoxy groups -OCH3 is 1. The minimum Gasteiger partial charge on any atom is -0.377 e. The van der Waals surface area contributed by atoms with E-state index in [0.717, 1.165) is 17.4 Å². The van der Waals surface area contributed by atoms with Gasteiger partial charge in [0.05, 0.1) is 25.4 Å². The zero-order valence-corrected chi connectivity index (χ0v) is 14.4. The fourth-order valence-electron chi connectivity index (χ4n) is 2.27. The third kappa shape index (κ3) is 3.87. The summed E-state index contributed by atoms with van der Waals surface area (Å²) in [4.78, 5) is 0. The molecule has 3 rings (SSSR count). The Balaban J connectivity index is 1.79. The molecule has 0 saturated carbocycles. The van der Waals surface area contributed by atoms with E-state index in [1.54, 1.807) is 0 Å². The maximum Gasteiger partial charge on any atom is 0.452 e. The van der Waals surface area contributed by atoms with E-state index < -0.39 is 34.1 Å². The molecule has 0 bridgehead atoms. The maximum absolute atomic E-state index is 12.5. The Morgan fingerprint density at radius 2 is 2.12 bits per heavy atom. The van der Waals surface area contributed by atoms with Crippen LogP contribution in [0.3, 0.4) is 0 Å². The number of halogens is 3. The van der Waals surface area contributed by atoms with Crippen LogP contribution in [0.15, 0.2) is 26.2 Å². The quantitative estimate of drug-likeness (QED) is 0.830. The van der Waals surface area contributed by atoms with Crippen LogP contribution in [0.25, 0.3) is 11.3 Å². The number of aromatic nitrogens is 1. The van der Waals surface area contributed by atoms with E-state index in [-0.39, 0.29) is 28.7 Å². The van der Waals surface area contributed by atoms with Crippen molar-refractivity contribution in [3.63, 3.8) is 0 Å². The largest absolute Gasteiger partial charge is 0.452 e. The lowest BCUT2D eigenvalue weighted by Gasteiger charge is -2.16. The van der Waals surface area contributed by atoms with Crippen molar-refractivity contribution in [2.24, 2.45) is 0 Å². The van der Waals surface area contributed by atoms with Crippen LogP contribution >= 0.6 is 11.3 Å². The first kappa shape index (κ1) is 18.3. The highest BCUT2D eigenvalue weighted by Gasteiger charge is 2.36. The maximum atomic E-state index is 12.5. The molecule has 1 fully saturated rings. The van der Waals surface area contributed by atoms with Gasteiger partial charge in [0.2, 0.25) is 15.8 Å². The molecule has 0 unspecified atom stereocenters. The first-order valence-corrected chi connectivity index (χ1v) is 9.32. The highest BCUT2D eigenvalue weighted by atomic mass is 32.2. The number of nitrogens with one attached hydrogen (secondary N) is 1. The molecule has 0 aliphatic carbocycles. The summed E-state index contributed by atoms with van der Waals surface area (Å²) in [5, 5.41) is 4.73. The second-order valence-corrected chi connectivity index (χ2v) is 8.12. The Kier molecular flexibility index (Phi) is 4.90. The molecule has 3 heterocycles. The van der Waals surface area contributed by atoms with Gasteiger partial charge in [-0.3, -0.25) is 0 Å². The first-order chi connectivity index (χ1) is 11.7. The predicted molar refractivity (Wildman–Crippen MR) is 80.5 cm³/mol. The molecule has 0 radical (unpaired) electrons. The SMILES string of the molecule is CO[C@H]1COC[C@@H]1NS(=O)(=O)c1cc(-c2cc(C(F)(F)F)on2)cs1. The number of hydrogen-bond donors (Lipinski definition) is 1. The summed E-state index contributed by atoms with van der Waals surface area (Å²) in [6.07, 6.45) is -5.06. The number of thiophene rings is 1. The number of nitrogens with zero attached hydrogens (tertiary/aromatic N) is 1. The molecule has 2 aromatic rings. The monoisotopic (exact) mass is 398 g/mol. The predicted octanol–water partition coefficient (Wildman–Crippen LogP) is 2.11. The highest BCUT2D eigenvalue weighted by molar-refractivity contribution is 7.91. The van der Waals surface area contributed by atoms with Gasteiger partial charge < -0.3 is 14.0 Å². The number of ether oxygens (including phenoxy) is 2. The molecule has 1 aliphatic rings. The molecular weight excluding hydrogens is 385 g/mol. The van der Waals surface area contributed by atoms with Gasteiger partial charge in [0, 0.05) is 24.1 Å². The Morgan fingerprint density at radius 3 is 2.76 bits per heavy atom. The summed E-state index contributed by atoms with van der Waals surface area (Å²) in [5.41, 5.74) is 0.125. The molecule has 7 nitrogen and oxygen atoms in total. The van der Waals surface area contributed by atoms with E-state index in [1.807, 2.05) is 0 Å². The third-order valence-electron chi connectivity index (χ3n) is 3.56. The van der Waals surface area contributed by atoms with Crippen LogP contribution in [-0.4, -0.2) is 46.0 Å². The van der Waals surface area contributed by atoms with E-state index >= 15 is 0 Å². The number of hydrogen-bond acceptors (Lipinski definition) is 7. The molecule has 1 saturated heterocycles. The van der Waals surface area contributed by atoms with Gasteiger partial charge in [0.1, 0.15) is 9.90 Å². The number of sulfonamides is 1. The van der Waals surface area contributed by atoms with Gasteiger partial charge in [0.25, 0.3) is 0 Å². The number of rotatable bonds is 5. The molecule has 0 amide bonds. The van der Waals surface area contributed by atoms with Gasteiger partial charge in [-0.25, -0.2) is 13.1 Å². The summed E-state index contributed by atoms with van der Waals surface area (Å²) in [6.45, 7) is 0.451. The second kappa shape index (κ2) is 6.68. The first-order valence-electron chi connectivity index (χ1n) is 6.96. The van der Waals surface area contributed by atoms with Crippen molar-refractivity contribution in [3.8, 4) is 11.3 Å². The van der Waals surface area contributed by atoms with Gasteiger partial charge in [-0.2, -0.15) is 13.2 Å². The standard InChI is InChI=1S/C13H13F3N2O5S2/c1-21-10-5-22-4-9(10)18-25(19,20)12-2-7(6-24-12)8-3-11(23-17-8)13(14,15)16/h2-3,6,9-10,18H,4-5H2,1H3/t9-,10-/m0/s1. The van der Waals surface area contributed by atoms with Crippen molar-refractivity contribution in [3.05, 3.63) is 23.3 Å². The van der Waals surface area contributed by atoms with Crippen molar-refractivity contribution in [2.45, 2.75) is 22.5 Å². The highest BCUT2D eigenvalue weighted by Crippen LogP contribution is 2.34. The average molecular weight is 398 g/mol. The van der Waals surface area contributed by atoms with Crippen LogP contribution in [-0.2, 0) is 25.7 Å². The van der Waals surface area contributed by atoms with E-state index in [0.29, 0.717) is 0 Å². The minimum atomic E-state index is -4.66. The third-order valence-corrected chi connectivity index (χ3v) is 6.49. The van der Waals surface area contributed by atoms with E-state index in [9.17, 15) is 21.6 Å². The van der Waals surface area contributed by atoms with Gasteiger partial charge >= 0.3 is 6.18 Å². The molecule has 12 heteroatoms. The van der Waals surface area contributed by atoms with Crippen LogP contribution in [0.4, 0.5) is 13.2 Å². The van der Waals surface area contributed by atoms with Crippen molar-refractivity contribution in [1.29, 1.82) is 0 Å². The summed E-state index contributed by atoms with van der Waals surface area (Å²) >= 11 is 0.865. The lowest BCUT2D eigenvalue weighted by molar-refractivity contribution is -0.155. The van der Waals surface area contributed by atoms with Crippen LogP contribution in [0, 0.1) is 0 Å². The summed E-state index contributed by atoms with van der Waals surface area (Å²) < 4.78 is 79.5. The molecular formula is C13H13F3N2O5S2. The molecule has 1 aliphatic heterocycles. The second-order valence-electron chi connectivity index (χ2n) is 5.27. The molecule has 1 N–H and O–H groups in total. The van der Waals surface area contributed by atoms with Crippen molar-refractivity contribution < 1.29 is 35.6 Å². The van der Waals surface area contributed by atoms with E-state index in [2.05, 4.69) is 14.4 Å². The summed E-state index contributed by atoms with van der Waals surface area (Å²) in [6, 6.07) is 1.42. The van der Waals surface area contributed by atoms with Crippen molar-refractivity contribution in [2.75, 3.05) is 20.3 Å². The lowest BCUT2D eigenvalue weighted by Crippen LogP contribution is -2.43. The normalized spacial score (nSPS) is 21.8. The minimum absolute atomic E-state index is 0.0548. The lowest BCUT2D eigenvalue weighted by atomic mass is 10.2. The summed E-state index contributed by atoms with van der Waals surface area (Å²) in [5.74, 6) is -1.25. The van der Waals surface area contributed by atoms with Crippen molar-refractivity contribution >= 4 is 21.4 Å².